The van der Waals surface area contributed by atoms with Crippen LogP contribution < -0.4 is 10.6 Å². The Kier molecular flexibility index (Phi) is 18.9. The molecule has 0 saturated heterocycles. The molecule has 1 amide bonds. The van der Waals surface area contributed by atoms with E-state index in [0.29, 0.717) is 12.7 Å². The van der Waals surface area contributed by atoms with E-state index in [4.69, 9.17) is 0 Å². The van der Waals surface area contributed by atoms with Gasteiger partial charge in [0, 0.05) is 13.0 Å². The molecule has 0 heterocycles. The third-order valence-electron chi connectivity index (χ3n) is 1.95. The van der Waals surface area contributed by atoms with Crippen molar-refractivity contribution in [1.29, 1.82) is 0 Å². The predicted molar refractivity (Wildman–Crippen MR) is 67.5 cm³/mol. The average molecular weight is 248 g/mol. The van der Waals surface area contributed by atoms with Gasteiger partial charge < -0.3 is 10.1 Å². The van der Waals surface area contributed by atoms with E-state index in [9.17, 15) is 14.0 Å². The molecule has 0 aromatic heterocycles. The number of halogens is 1. The first-order valence-electron chi connectivity index (χ1n) is 6.19. The highest BCUT2D eigenvalue weighted by atomic mass is 19.1. The SMILES string of the molecule is CCCCCCC(=O)NCC.O=CCNCF. The molecule has 4 nitrogen and oxygen atoms in total. The van der Waals surface area contributed by atoms with Crippen molar-refractivity contribution in [2.75, 3.05) is 19.9 Å². The summed E-state index contributed by atoms with van der Waals surface area (Å²) >= 11 is 0. The van der Waals surface area contributed by atoms with Crippen LogP contribution in [0.3, 0.4) is 0 Å². The molecule has 0 aliphatic rings. The van der Waals surface area contributed by atoms with Gasteiger partial charge in [-0.1, -0.05) is 26.2 Å². The highest BCUT2D eigenvalue weighted by Gasteiger charge is 1.96. The Morgan fingerprint density at radius 2 is 1.94 bits per heavy atom. The monoisotopic (exact) mass is 248 g/mol. The first-order chi connectivity index (χ1) is 8.22. The lowest BCUT2D eigenvalue weighted by atomic mass is 10.1. The number of amides is 1. The van der Waals surface area contributed by atoms with Crippen molar-refractivity contribution < 1.29 is 14.0 Å². The van der Waals surface area contributed by atoms with Crippen LogP contribution in [0.25, 0.3) is 0 Å². The molecule has 0 spiro atoms. The van der Waals surface area contributed by atoms with E-state index in [0.717, 1.165) is 13.0 Å². The van der Waals surface area contributed by atoms with Crippen LogP contribution >= 0.6 is 0 Å². The minimum atomic E-state index is -0.626. The molecule has 102 valence electrons. The molecule has 5 heteroatoms. The summed E-state index contributed by atoms with van der Waals surface area (Å²) in [5.41, 5.74) is 0. The van der Waals surface area contributed by atoms with Crippen LogP contribution in [-0.4, -0.2) is 32.1 Å². The number of hydrogen-bond acceptors (Lipinski definition) is 3. The van der Waals surface area contributed by atoms with E-state index >= 15 is 0 Å². The van der Waals surface area contributed by atoms with Crippen molar-refractivity contribution in [2.24, 2.45) is 0 Å². The second kappa shape index (κ2) is 17.4. The van der Waals surface area contributed by atoms with Gasteiger partial charge in [0.1, 0.15) is 13.1 Å². The van der Waals surface area contributed by atoms with Gasteiger partial charge in [0.15, 0.2) is 0 Å². The Morgan fingerprint density at radius 1 is 1.24 bits per heavy atom. The van der Waals surface area contributed by atoms with E-state index in [1.807, 2.05) is 6.92 Å². The van der Waals surface area contributed by atoms with Crippen LogP contribution in [0, 0.1) is 0 Å². The van der Waals surface area contributed by atoms with Crippen LogP contribution in [0.5, 0.6) is 0 Å². The van der Waals surface area contributed by atoms with E-state index in [-0.39, 0.29) is 12.5 Å². The molecule has 17 heavy (non-hydrogen) atoms. The Hall–Kier alpha value is -0.970. The summed E-state index contributed by atoms with van der Waals surface area (Å²) < 4.78 is 10.9. The zero-order valence-corrected chi connectivity index (χ0v) is 10.9. The number of hydrogen-bond donors (Lipinski definition) is 2. The van der Waals surface area contributed by atoms with Gasteiger partial charge in [-0.3, -0.25) is 10.1 Å². The van der Waals surface area contributed by atoms with Gasteiger partial charge in [-0.2, -0.15) is 0 Å². The number of unbranched alkanes of at least 4 members (excludes halogenated alkanes) is 3. The van der Waals surface area contributed by atoms with Crippen molar-refractivity contribution in [3.63, 3.8) is 0 Å². The van der Waals surface area contributed by atoms with Gasteiger partial charge in [0.2, 0.25) is 5.91 Å². The average Bonchev–Trinajstić information content (AvgIpc) is 2.33. The fraction of sp³-hybridized carbons (Fsp3) is 0.833. The predicted octanol–water partition coefficient (Wildman–Crippen LogP) is 1.79. The lowest BCUT2D eigenvalue weighted by Crippen LogP contribution is -2.21. The molecule has 0 atom stereocenters. The highest BCUT2D eigenvalue weighted by Crippen LogP contribution is 2.01. The fourth-order valence-electron chi connectivity index (χ4n) is 1.11. The summed E-state index contributed by atoms with van der Waals surface area (Å²) in [4.78, 5) is 20.2. The maximum Gasteiger partial charge on any atom is 0.219 e. The quantitative estimate of drug-likeness (QED) is 0.371. The lowest BCUT2D eigenvalue weighted by molar-refractivity contribution is -0.121. The largest absolute Gasteiger partial charge is 0.356 e. The van der Waals surface area contributed by atoms with Crippen molar-refractivity contribution in [1.82, 2.24) is 10.6 Å². The summed E-state index contributed by atoms with van der Waals surface area (Å²) in [6, 6.07) is 0. The molecule has 0 unspecified atom stereocenters. The number of nitrogens with one attached hydrogen (secondary N) is 2. The van der Waals surface area contributed by atoms with E-state index in [1.54, 1.807) is 0 Å². The Balaban J connectivity index is 0. The standard InChI is InChI=1S/C9H19NO.C3H6FNO/c1-3-5-6-7-8-9(11)10-4-2;4-3-5-1-2-6/h3-8H2,1-2H3,(H,10,11);2,5H,1,3H2. The van der Waals surface area contributed by atoms with Crippen molar-refractivity contribution in [3.05, 3.63) is 0 Å². The molecule has 0 radical (unpaired) electrons. The number of rotatable bonds is 9. The third-order valence-corrected chi connectivity index (χ3v) is 1.95. The number of aldehydes is 1. The minimum Gasteiger partial charge on any atom is -0.356 e. The first kappa shape index (κ1) is 18.4. The summed E-state index contributed by atoms with van der Waals surface area (Å²) in [5.74, 6) is 0.198. The van der Waals surface area contributed by atoms with Crippen molar-refractivity contribution >= 4 is 12.2 Å². The van der Waals surface area contributed by atoms with Gasteiger partial charge >= 0.3 is 0 Å². The minimum absolute atomic E-state index is 0.108. The van der Waals surface area contributed by atoms with E-state index < -0.39 is 6.80 Å². The van der Waals surface area contributed by atoms with E-state index in [1.165, 1.54) is 19.3 Å². The Labute approximate surface area is 103 Å². The zero-order chi connectivity index (χ0) is 13.4. The lowest BCUT2D eigenvalue weighted by Gasteiger charge is -2.00. The molecule has 0 aliphatic carbocycles. The molecule has 0 saturated carbocycles. The molecule has 0 aromatic carbocycles. The van der Waals surface area contributed by atoms with Crippen LogP contribution in [0.2, 0.25) is 0 Å². The maximum atomic E-state index is 10.9. The Morgan fingerprint density at radius 3 is 2.35 bits per heavy atom. The van der Waals surface area contributed by atoms with Gasteiger partial charge in [-0.25, -0.2) is 4.39 Å². The van der Waals surface area contributed by atoms with Crippen molar-refractivity contribution in [2.45, 2.75) is 46.0 Å². The zero-order valence-electron chi connectivity index (χ0n) is 10.9. The maximum absolute atomic E-state index is 10.9. The smallest absolute Gasteiger partial charge is 0.219 e. The fourth-order valence-corrected chi connectivity index (χ4v) is 1.11. The topological polar surface area (TPSA) is 58.2 Å². The number of carbonyl (C=O) groups excluding carboxylic acids is 2. The molecule has 0 rings (SSSR count). The normalized spacial score (nSPS) is 9.12. The van der Waals surface area contributed by atoms with Gasteiger partial charge in [-0.05, 0) is 13.3 Å². The Bertz CT molecular complexity index is 178. The summed E-state index contributed by atoms with van der Waals surface area (Å²) in [5, 5.41) is 4.95. The van der Waals surface area contributed by atoms with Crippen LogP contribution in [0.4, 0.5) is 4.39 Å². The summed E-state index contributed by atoms with van der Waals surface area (Å²) in [7, 11) is 0. The number of alkyl halides is 1. The first-order valence-corrected chi connectivity index (χ1v) is 6.19. The molecule has 0 fully saturated rings. The van der Waals surface area contributed by atoms with Crippen LogP contribution in [0.1, 0.15) is 46.0 Å². The van der Waals surface area contributed by atoms with E-state index in [2.05, 4.69) is 17.6 Å². The van der Waals surface area contributed by atoms with Gasteiger partial charge in [0.05, 0.1) is 6.54 Å². The number of carbonyl (C=O) groups is 2. The highest BCUT2D eigenvalue weighted by molar-refractivity contribution is 5.75. The second-order valence-corrected chi connectivity index (χ2v) is 3.52. The molecule has 2 N–H and O–H groups in total. The van der Waals surface area contributed by atoms with Gasteiger partial charge in [0.25, 0.3) is 0 Å². The molecular weight excluding hydrogens is 223 g/mol. The van der Waals surface area contributed by atoms with Crippen LogP contribution in [-0.2, 0) is 9.59 Å². The summed E-state index contributed by atoms with van der Waals surface area (Å²) in [6.45, 7) is 4.36. The molecule has 0 aliphatic heterocycles. The van der Waals surface area contributed by atoms with Crippen LogP contribution in [0.15, 0.2) is 0 Å². The third kappa shape index (κ3) is 21.0. The van der Waals surface area contributed by atoms with Crippen molar-refractivity contribution in [3.8, 4) is 0 Å². The molecular formula is C12H25FN2O2. The van der Waals surface area contributed by atoms with Gasteiger partial charge in [-0.15, -0.1) is 0 Å². The molecule has 0 bridgehead atoms. The molecule has 0 aromatic rings. The second-order valence-electron chi connectivity index (χ2n) is 3.52. The summed E-state index contributed by atoms with van der Waals surface area (Å²) in [6.07, 6.45) is 6.02.